The van der Waals surface area contributed by atoms with Gasteiger partial charge in [-0.05, 0) is 38.1 Å². The molecule has 0 atom stereocenters. The van der Waals surface area contributed by atoms with Crippen LogP contribution < -0.4 is 21.9 Å². The molecular weight excluding hydrogens is 332 g/mol. The zero-order valence-electron chi connectivity index (χ0n) is 14.6. The fourth-order valence-electron chi connectivity index (χ4n) is 2.83. The molecule has 0 aromatic carbocycles. The van der Waals surface area contributed by atoms with Crippen molar-refractivity contribution in [2.75, 3.05) is 42.7 Å². The summed E-state index contributed by atoms with van der Waals surface area (Å²) in [5.74, 6) is 0.513. The average Bonchev–Trinajstić information content (AvgIpc) is 2.69. The first-order valence-corrected chi connectivity index (χ1v) is 8.78. The molecule has 5 N–H and O–H groups in total. The predicted octanol–water partition coefficient (Wildman–Crippen LogP) is 1.11. The van der Waals surface area contributed by atoms with E-state index in [1.807, 2.05) is 0 Å². The lowest BCUT2D eigenvalue weighted by Crippen LogP contribution is -2.34. The van der Waals surface area contributed by atoms with Crippen LogP contribution in [0.25, 0.3) is 0 Å². The third-order valence-corrected chi connectivity index (χ3v) is 4.25. The Kier molecular flexibility index (Phi) is 6.15. The van der Waals surface area contributed by atoms with Gasteiger partial charge in [-0.25, -0.2) is 9.97 Å². The molecule has 9 heteroatoms. The van der Waals surface area contributed by atoms with Crippen molar-refractivity contribution in [3.63, 3.8) is 0 Å². The first-order valence-electron chi connectivity index (χ1n) is 8.78. The summed E-state index contributed by atoms with van der Waals surface area (Å²) in [5.41, 5.74) is 12.0. The first kappa shape index (κ1) is 17.9. The standard InChI is InChI=1S/C17H24N8O/c18-14-15(20-8-11-25-9-4-1-5-10-25)21-12-22-16(14)23-24-17(26)13-6-2-3-7-19-13/h2-3,6-7,12H,1,4-5,8-11,18H2,(H,24,26)(H2,20,21,22,23). The molecule has 2 aromatic heterocycles. The topological polar surface area (TPSA) is 121 Å². The summed E-state index contributed by atoms with van der Waals surface area (Å²) in [6.07, 6.45) is 6.80. The molecule has 1 aliphatic rings. The number of carbonyl (C=O) groups excluding carboxylic acids is 1. The molecule has 0 aliphatic carbocycles. The molecule has 3 rings (SSSR count). The molecule has 1 aliphatic heterocycles. The van der Waals surface area contributed by atoms with Crippen LogP contribution >= 0.6 is 0 Å². The number of hydrogen-bond donors (Lipinski definition) is 4. The minimum atomic E-state index is -0.372. The molecule has 0 bridgehead atoms. The number of nitrogens with two attached hydrogens (primary N) is 1. The van der Waals surface area contributed by atoms with E-state index in [9.17, 15) is 4.79 Å². The van der Waals surface area contributed by atoms with E-state index in [0.717, 1.165) is 26.2 Å². The molecule has 1 amide bonds. The van der Waals surface area contributed by atoms with Crippen molar-refractivity contribution in [3.8, 4) is 0 Å². The monoisotopic (exact) mass is 356 g/mol. The van der Waals surface area contributed by atoms with Crippen LogP contribution in [0, 0.1) is 0 Å². The number of amides is 1. The van der Waals surface area contributed by atoms with E-state index in [4.69, 9.17) is 5.73 Å². The van der Waals surface area contributed by atoms with E-state index < -0.39 is 0 Å². The number of hydrogen-bond acceptors (Lipinski definition) is 8. The smallest absolute Gasteiger partial charge is 0.288 e. The van der Waals surface area contributed by atoms with Crippen LogP contribution in [-0.4, -0.2) is 51.9 Å². The van der Waals surface area contributed by atoms with Crippen LogP contribution in [0.4, 0.5) is 17.3 Å². The summed E-state index contributed by atoms with van der Waals surface area (Å²) >= 11 is 0. The SMILES string of the molecule is Nc1c(NCCN2CCCCC2)ncnc1NNC(=O)c1ccccn1. The Morgan fingerprint density at radius 1 is 1.12 bits per heavy atom. The highest BCUT2D eigenvalue weighted by atomic mass is 16.2. The van der Waals surface area contributed by atoms with E-state index in [1.165, 1.54) is 25.6 Å². The fourth-order valence-corrected chi connectivity index (χ4v) is 2.83. The molecule has 1 saturated heterocycles. The Labute approximate surface area is 152 Å². The van der Waals surface area contributed by atoms with Crippen molar-refractivity contribution < 1.29 is 4.79 Å². The highest BCUT2D eigenvalue weighted by Gasteiger charge is 2.12. The number of pyridine rings is 1. The highest BCUT2D eigenvalue weighted by molar-refractivity contribution is 5.93. The summed E-state index contributed by atoms with van der Waals surface area (Å²) < 4.78 is 0. The van der Waals surface area contributed by atoms with Crippen LogP contribution in [-0.2, 0) is 0 Å². The number of carbonyl (C=O) groups is 1. The maximum absolute atomic E-state index is 12.0. The molecule has 138 valence electrons. The van der Waals surface area contributed by atoms with E-state index in [-0.39, 0.29) is 5.91 Å². The predicted molar refractivity (Wildman–Crippen MR) is 101 cm³/mol. The lowest BCUT2D eigenvalue weighted by molar-refractivity contribution is 0.0957. The molecule has 1 fully saturated rings. The Morgan fingerprint density at radius 2 is 1.92 bits per heavy atom. The van der Waals surface area contributed by atoms with Gasteiger partial charge in [0.25, 0.3) is 5.91 Å². The minimum Gasteiger partial charge on any atom is -0.393 e. The van der Waals surface area contributed by atoms with Crippen molar-refractivity contribution in [1.82, 2.24) is 25.3 Å². The van der Waals surface area contributed by atoms with Gasteiger partial charge in [-0.15, -0.1) is 0 Å². The van der Waals surface area contributed by atoms with Gasteiger partial charge in [-0.1, -0.05) is 12.5 Å². The normalized spacial score (nSPS) is 14.6. The summed E-state index contributed by atoms with van der Waals surface area (Å²) in [6, 6.07) is 5.10. The van der Waals surface area contributed by atoms with Crippen LogP contribution in [0.5, 0.6) is 0 Å². The van der Waals surface area contributed by atoms with Crippen LogP contribution in [0.3, 0.4) is 0 Å². The molecule has 0 saturated carbocycles. The lowest BCUT2D eigenvalue weighted by Gasteiger charge is -2.26. The zero-order chi connectivity index (χ0) is 18.2. The highest BCUT2D eigenvalue weighted by Crippen LogP contribution is 2.21. The van der Waals surface area contributed by atoms with Gasteiger partial charge in [-0.2, -0.15) is 0 Å². The van der Waals surface area contributed by atoms with Crippen LogP contribution in [0.1, 0.15) is 29.8 Å². The number of nitrogens with zero attached hydrogens (tertiary/aromatic N) is 4. The van der Waals surface area contributed by atoms with Crippen molar-refractivity contribution >= 4 is 23.2 Å². The van der Waals surface area contributed by atoms with E-state index in [1.54, 1.807) is 24.4 Å². The van der Waals surface area contributed by atoms with Crippen LogP contribution in [0.15, 0.2) is 30.7 Å². The van der Waals surface area contributed by atoms with Gasteiger partial charge < -0.3 is 16.0 Å². The summed E-state index contributed by atoms with van der Waals surface area (Å²) in [7, 11) is 0. The number of likely N-dealkylation sites (tertiary alicyclic amines) is 1. The van der Waals surface area contributed by atoms with Crippen molar-refractivity contribution in [2.45, 2.75) is 19.3 Å². The van der Waals surface area contributed by atoms with Gasteiger partial charge in [-0.3, -0.25) is 20.6 Å². The molecular formula is C17H24N8O. The van der Waals surface area contributed by atoms with Crippen LogP contribution in [0.2, 0.25) is 0 Å². The molecule has 26 heavy (non-hydrogen) atoms. The third kappa shape index (κ3) is 4.79. The van der Waals surface area contributed by atoms with Gasteiger partial charge in [0.05, 0.1) is 0 Å². The molecule has 0 unspecified atom stereocenters. The second-order valence-corrected chi connectivity index (χ2v) is 6.11. The number of rotatable bonds is 7. The Hall–Kier alpha value is -2.94. The van der Waals surface area contributed by atoms with E-state index in [0.29, 0.717) is 23.0 Å². The summed E-state index contributed by atoms with van der Waals surface area (Å²) in [6.45, 7) is 3.99. The Morgan fingerprint density at radius 3 is 2.69 bits per heavy atom. The van der Waals surface area contributed by atoms with Gasteiger partial charge in [0.15, 0.2) is 11.6 Å². The molecule has 9 nitrogen and oxygen atoms in total. The van der Waals surface area contributed by atoms with Gasteiger partial charge in [0.1, 0.15) is 17.7 Å². The first-order chi connectivity index (χ1) is 12.7. The van der Waals surface area contributed by atoms with E-state index >= 15 is 0 Å². The molecule has 2 aromatic rings. The second-order valence-electron chi connectivity index (χ2n) is 6.11. The number of hydrazine groups is 1. The second kappa shape index (κ2) is 8.95. The van der Waals surface area contributed by atoms with Gasteiger partial charge in [0.2, 0.25) is 0 Å². The largest absolute Gasteiger partial charge is 0.393 e. The fraction of sp³-hybridized carbons (Fsp3) is 0.412. The van der Waals surface area contributed by atoms with Crippen molar-refractivity contribution in [3.05, 3.63) is 36.4 Å². The number of anilines is 3. The van der Waals surface area contributed by atoms with Gasteiger partial charge in [0, 0.05) is 19.3 Å². The van der Waals surface area contributed by atoms with Crippen molar-refractivity contribution in [1.29, 1.82) is 0 Å². The summed E-state index contributed by atoms with van der Waals surface area (Å²) in [4.78, 5) is 26.7. The quantitative estimate of drug-likeness (QED) is 0.544. The molecule has 0 spiro atoms. The third-order valence-electron chi connectivity index (χ3n) is 4.25. The maximum atomic E-state index is 12.0. The van der Waals surface area contributed by atoms with Crippen molar-refractivity contribution in [2.24, 2.45) is 0 Å². The number of nitrogen functional groups attached to an aromatic ring is 1. The maximum Gasteiger partial charge on any atom is 0.288 e. The van der Waals surface area contributed by atoms with E-state index in [2.05, 4.69) is 36.0 Å². The number of aromatic nitrogens is 3. The Bertz CT molecular complexity index is 718. The molecule has 3 heterocycles. The summed E-state index contributed by atoms with van der Waals surface area (Å²) in [5, 5.41) is 3.24. The van der Waals surface area contributed by atoms with Gasteiger partial charge >= 0.3 is 0 Å². The lowest BCUT2D eigenvalue weighted by atomic mass is 10.1. The zero-order valence-corrected chi connectivity index (χ0v) is 14.6. The molecule has 0 radical (unpaired) electrons. The Balaban J connectivity index is 1.52. The number of piperidine rings is 1. The minimum absolute atomic E-state index is 0.299. The number of nitrogens with one attached hydrogen (secondary N) is 3. The average molecular weight is 356 g/mol.